The van der Waals surface area contributed by atoms with E-state index >= 15 is 0 Å². The van der Waals surface area contributed by atoms with Gasteiger partial charge in [-0.1, -0.05) is 12.1 Å². The zero-order chi connectivity index (χ0) is 23.9. The molecule has 0 bridgehead atoms. The van der Waals surface area contributed by atoms with Gasteiger partial charge in [0.05, 0.1) is 4.92 Å². The summed E-state index contributed by atoms with van der Waals surface area (Å²) in [7, 11) is 0. The average Bonchev–Trinajstić information content (AvgIpc) is 2.71. The molecule has 0 radical (unpaired) electrons. The number of pyridine rings is 1. The lowest BCUT2D eigenvalue weighted by atomic mass is 9.96. The largest absolute Gasteiger partial charge is 0.486 e. The van der Waals surface area contributed by atoms with Crippen LogP contribution >= 0.6 is 0 Å². The summed E-state index contributed by atoms with van der Waals surface area (Å²) >= 11 is 0. The predicted molar refractivity (Wildman–Crippen MR) is 92.4 cm³/mol. The van der Waals surface area contributed by atoms with Gasteiger partial charge in [-0.05, 0) is 13.0 Å². The maximum Gasteiger partial charge on any atom is 0.460 e. The Bertz CT molecular complexity index is 1030. The van der Waals surface area contributed by atoms with Crippen molar-refractivity contribution in [1.82, 2.24) is 4.98 Å². The number of fused-ring (bicyclic) bond motifs is 1. The van der Waals surface area contributed by atoms with E-state index in [0.29, 0.717) is 6.20 Å². The maximum absolute atomic E-state index is 14.8. The molecule has 1 aromatic heterocycles. The lowest BCUT2D eigenvalue weighted by Crippen LogP contribution is -2.56. The lowest BCUT2D eigenvalue weighted by molar-refractivity contribution is -0.385. The quantitative estimate of drug-likeness (QED) is 0.335. The average molecular weight is 470 g/mol. The van der Waals surface area contributed by atoms with Crippen molar-refractivity contribution < 1.29 is 49.9 Å². The second kappa shape index (κ2) is 7.98. The minimum atomic E-state index is -6.62. The molecule has 0 aliphatic carbocycles. The second-order valence-electron chi connectivity index (χ2n) is 6.64. The molecule has 0 spiro atoms. The highest BCUT2D eigenvalue weighted by atomic mass is 19.4. The molecule has 7 nitrogen and oxygen atoms in total. The summed E-state index contributed by atoms with van der Waals surface area (Å²) in [6.45, 7) is 0.916. The van der Waals surface area contributed by atoms with E-state index in [-0.39, 0.29) is 24.5 Å². The number of aryl methyl sites for hydroxylation is 1. The van der Waals surface area contributed by atoms with Crippen LogP contribution in [0.25, 0.3) is 0 Å². The number of aromatic nitrogens is 1. The van der Waals surface area contributed by atoms with Crippen LogP contribution in [0.5, 0.6) is 17.4 Å². The first kappa shape index (κ1) is 23.3. The number of hydrogen-bond donors (Lipinski definition) is 0. The van der Waals surface area contributed by atoms with Gasteiger partial charge in [0.15, 0.2) is 17.6 Å². The predicted octanol–water partition coefficient (Wildman–Crippen LogP) is 5.02. The fraction of sp³-hybridized carbons (Fsp3) is 0.389. The highest BCUT2D eigenvalue weighted by Crippen LogP contribution is 2.55. The molecule has 14 heteroatoms. The molecule has 1 aromatic carbocycles. The Morgan fingerprint density at radius 1 is 1.12 bits per heavy atom. The topological polar surface area (TPSA) is 83.7 Å². The van der Waals surface area contributed by atoms with Gasteiger partial charge in [-0.15, -0.1) is 0 Å². The first-order valence-electron chi connectivity index (χ1n) is 8.76. The van der Waals surface area contributed by atoms with E-state index in [0.717, 1.165) is 25.1 Å². The summed E-state index contributed by atoms with van der Waals surface area (Å²) in [6.07, 6.45) is -9.29. The fourth-order valence-electron chi connectivity index (χ4n) is 2.87. The van der Waals surface area contributed by atoms with Crippen molar-refractivity contribution in [2.24, 2.45) is 0 Å². The van der Waals surface area contributed by atoms with E-state index in [1.54, 1.807) is 0 Å². The molecule has 1 unspecified atom stereocenters. The molecule has 174 valence electrons. The third-order valence-corrected chi connectivity index (χ3v) is 4.44. The van der Waals surface area contributed by atoms with Crippen molar-refractivity contribution in [3.8, 4) is 17.4 Å². The zero-order valence-electron chi connectivity index (χ0n) is 16.0. The number of benzene rings is 1. The molecule has 3 rings (SSSR count). The normalized spacial score (nSPS) is 15.2. The van der Waals surface area contributed by atoms with Gasteiger partial charge >= 0.3 is 18.0 Å². The molecular formula is C18H13F7N2O5. The van der Waals surface area contributed by atoms with Gasteiger partial charge < -0.3 is 14.2 Å². The van der Waals surface area contributed by atoms with Crippen molar-refractivity contribution in [3.05, 3.63) is 51.7 Å². The summed E-state index contributed by atoms with van der Waals surface area (Å²) in [4.78, 5) is 13.4. The standard InChI is InChI=1S/C18H13F7N2O5/c1-9-7-10(27(28)29)8-26-15(9)32-14(16(19,20)17(21,22)18(23,24)25)11-3-2-4-12-13(11)31-6-5-30-12/h2-4,7-8,14H,5-6H2,1H3. The van der Waals surface area contributed by atoms with E-state index in [4.69, 9.17) is 14.2 Å². The van der Waals surface area contributed by atoms with Crippen LogP contribution in [-0.4, -0.2) is 41.1 Å². The van der Waals surface area contributed by atoms with Crippen molar-refractivity contribution in [3.63, 3.8) is 0 Å². The van der Waals surface area contributed by atoms with Crippen LogP contribution < -0.4 is 14.2 Å². The minimum absolute atomic E-state index is 0.0138. The summed E-state index contributed by atoms with van der Waals surface area (Å²) in [5.41, 5.74) is -1.68. The Hall–Kier alpha value is -3.32. The highest BCUT2D eigenvalue weighted by Gasteiger charge is 2.76. The molecule has 1 aliphatic heterocycles. The molecular weight excluding hydrogens is 457 g/mol. The number of nitro groups is 1. The fourth-order valence-corrected chi connectivity index (χ4v) is 2.87. The molecule has 0 amide bonds. The van der Waals surface area contributed by atoms with Crippen LogP contribution in [-0.2, 0) is 0 Å². The van der Waals surface area contributed by atoms with Crippen LogP contribution in [0.1, 0.15) is 17.2 Å². The number of rotatable bonds is 6. The maximum atomic E-state index is 14.8. The minimum Gasteiger partial charge on any atom is -0.486 e. The molecule has 0 fully saturated rings. The van der Waals surface area contributed by atoms with E-state index in [2.05, 4.69) is 4.98 Å². The molecule has 0 saturated heterocycles. The Morgan fingerprint density at radius 2 is 1.78 bits per heavy atom. The van der Waals surface area contributed by atoms with Crippen LogP contribution in [0.2, 0.25) is 0 Å². The Kier molecular flexibility index (Phi) is 5.82. The van der Waals surface area contributed by atoms with Crippen LogP contribution in [0, 0.1) is 17.0 Å². The monoisotopic (exact) mass is 470 g/mol. The molecule has 1 aliphatic rings. The number of halogens is 7. The van der Waals surface area contributed by atoms with E-state index < -0.39 is 51.9 Å². The molecule has 2 aromatic rings. The second-order valence-corrected chi connectivity index (χ2v) is 6.64. The molecule has 1 atom stereocenters. The smallest absolute Gasteiger partial charge is 0.460 e. The third-order valence-electron chi connectivity index (χ3n) is 4.44. The van der Waals surface area contributed by atoms with Crippen LogP contribution in [0.3, 0.4) is 0 Å². The first-order valence-corrected chi connectivity index (χ1v) is 8.76. The summed E-state index contributed by atoms with van der Waals surface area (Å²) in [6, 6.07) is 3.97. The highest BCUT2D eigenvalue weighted by molar-refractivity contribution is 5.50. The van der Waals surface area contributed by atoms with Crippen LogP contribution in [0.4, 0.5) is 36.4 Å². The van der Waals surface area contributed by atoms with E-state index in [9.17, 15) is 40.8 Å². The molecule has 2 heterocycles. The Balaban J connectivity index is 2.16. The molecule has 0 saturated carbocycles. The van der Waals surface area contributed by atoms with E-state index in [1.807, 2.05) is 0 Å². The van der Waals surface area contributed by atoms with Gasteiger partial charge in [-0.2, -0.15) is 30.7 Å². The van der Waals surface area contributed by atoms with Crippen LogP contribution in [0.15, 0.2) is 30.5 Å². The third kappa shape index (κ3) is 3.96. The van der Waals surface area contributed by atoms with Crippen molar-refractivity contribution in [1.29, 1.82) is 0 Å². The molecule has 32 heavy (non-hydrogen) atoms. The Morgan fingerprint density at radius 3 is 2.38 bits per heavy atom. The summed E-state index contributed by atoms with van der Waals surface area (Å²) in [5.74, 6) is -13.8. The van der Waals surface area contributed by atoms with E-state index in [1.165, 1.54) is 6.07 Å². The number of ether oxygens (including phenoxy) is 3. The number of alkyl halides is 7. The zero-order valence-corrected chi connectivity index (χ0v) is 16.0. The van der Waals surface area contributed by atoms with Gasteiger partial charge in [0, 0.05) is 17.2 Å². The van der Waals surface area contributed by atoms with Crippen molar-refractivity contribution >= 4 is 5.69 Å². The summed E-state index contributed by atoms with van der Waals surface area (Å²) < 4.78 is 111. The number of hydrogen-bond acceptors (Lipinski definition) is 6. The Labute approximate surface area is 174 Å². The molecule has 0 N–H and O–H groups in total. The first-order chi connectivity index (χ1) is 14.8. The number of para-hydroxylation sites is 1. The summed E-state index contributed by atoms with van der Waals surface area (Å²) in [5, 5.41) is 10.8. The van der Waals surface area contributed by atoms with Gasteiger partial charge in [-0.3, -0.25) is 10.1 Å². The SMILES string of the molecule is Cc1cc([N+](=O)[O-])cnc1OC(c1cccc2c1OCCO2)C(F)(F)C(F)(F)C(F)(F)F. The lowest BCUT2D eigenvalue weighted by Gasteiger charge is -2.35. The van der Waals surface area contributed by atoms with Gasteiger partial charge in [0.2, 0.25) is 5.88 Å². The van der Waals surface area contributed by atoms with Gasteiger partial charge in [0.1, 0.15) is 19.4 Å². The van der Waals surface area contributed by atoms with Gasteiger partial charge in [0.25, 0.3) is 5.69 Å². The van der Waals surface area contributed by atoms with Crippen molar-refractivity contribution in [2.75, 3.05) is 13.2 Å². The van der Waals surface area contributed by atoms with Crippen molar-refractivity contribution in [2.45, 2.75) is 31.0 Å². The van der Waals surface area contributed by atoms with Gasteiger partial charge in [-0.25, -0.2) is 4.98 Å². The number of nitrogens with zero attached hydrogens (tertiary/aromatic N) is 2.